The van der Waals surface area contributed by atoms with Crippen LogP contribution in [0, 0.1) is 0 Å². The molecule has 0 aliphatic heterocycles. The maximum atomic E-state index is 9.29. The van der Waals surface area contributed by atoms with Crippen molar-refractivity contribution in [2.45, 2.75) is 12.2 Å². The molecule has 0 amide bonds. The van der Waals surface area contributed by atoms with Gasteiger partial charge in [-0.15, -0.1) is 0 Å². The van der Waals surface area contributed by atoms with Gasteiger partial charge in [-0.1, -0.05) is 72.8 Å². The molecule has 0 heterocycles. The van der Waals surface area contributed by atoms with Crippen molar-refractivity contribution < 1.29 is 10.2 Å². The Morgan fingerprint density at radius 2 is 1.00 bits per heavy atom. The Morgan fingerprint density at radius 1 is 0.600 bits per heavy atom. The molecule has 2 N–H and O–H groups in total. The van der Waals surface area contributed by atoms with Crippen molar-refractivity contribution in [3.05, 3.63) is 82.9 Å². The van der Waals surface area contributed by atoms with Gasteiger partial charge in [-0.25, -0.2) is 0 Å². The van der Waals surface area contributed by atoms with Crippen molar-refractivity contribution in [2.24, 2.45) is 0 Å². The fraction of sp³-hybridized carbons (Fsp3) is 0.111. The van der Waals surface area contributed by atoms with Crippen LogP contribution in [0.1, 0.15) is 34.5 Å². The molecule has 0 saturated carbocycles. The molecule has 0 aromatic heterocycles. The molecule has 100 valence electrons. The fourth-order valence-corrected chi connectivity index (χ4v) is 2.46. The van der Waals surface area contributed by atoms with E-state index >= 15 is 0 Å². The predicted molar refractivity (Wildman–Crippen MR) is 80.9 cm³/mol. The van der Waals surface area contributed by atoms with Gasteiger partial charge in [0.15, 0.2) is 0 Å². The highest BCUT2D eigenvalue weighted by molar-refractivity contribution is 5.61. The third-order valence-electron chi connectivity index (χ3n) is 3.55. The first-order valence-electron chi connectivity index (χ1n) is 6.66. The van der Waals surface area contributed by atoms with Crippen LogP contribution in [0.4, 0.5) is 0 Å². The number of fused-ring (bicyclic) bond motifs is 2. The number of hydrogen-bond donors (Lipinski definition) is 2. The summed E-state index contributed by atoms with van der Waals surface area (Å²) in [6, 6.07) is 15.7. The van der Waals surface area contributed by atoms with E-state index in [1.807, 2.05) is 60.7 Å². The summed E-state index contributed by atoms with van der Waals surface area (Å²) >= 11 is 0. The van der Waals surface area contributed by atoms with Gasteiger partial charge in [0.25, 0.3) is 0 Å². The first-order chi connectivity index (χ1) is 9.75. The summed E-state index contributed by atoms with van der Waals surface area (Å²) in [6.07, 6.45) is 6.72. The number of benzene rings is 2. The highest BCUT2D eigenvalue weighted by Crippen LogP contribution is 2.27. The van der Waals surface area contributed by atoms with Gasteiger partial charge >= 0.3 is 0 Å². The first-order valence-corrected chi connectivity index (χ1v) is 6.66. The molecule has 2 atom stereocenters. The maximum absolute atomic E-state index is 9.29. The van der Waals surface area contributed by atoms with Crippen LogP contribution in [0.15, 0.2) is 60.7 Å². The molecule has 0 fully saturated rings. The quantitative estimate of drug-likeness (QED) is 0.764. The molecule has 2 aromatic carbocycles. The molecule has 2 aromatic rings. The van der Waals surface area contributed by atoms with E-state index in [1.165, 1.54) is 0 Å². The Hall–Kier alpha value is -2.16. The zero-order valence-corrected chi connectivity index (χ0v) is 11.0. The van der Waals surface area contributed by atoms with E-state index in [0.29, 0.717) is 0 Å². The van der Waals surface area contributed by atoms with E-state index < -0.39 is 0 Å². The lowest BCUT2D eigenvalue weighted by Gasteiger charge is -2.00. The third kappa shape index (κ3) is 2.44. The Bertz CT molecular complexity index is 611. The smallest absolute Gasteiger partial charge is 0.0980 e. The van der Waals surface area contributed by atoms with Gasteiger partial charge in [0, 0.05) is 0 Å². The molecule has 2 aliphatic carbocycles. The molecule has 0 spiro atoms. The van der Waals surface area contributed by atoms with E-state index in [4.69, 9.17) is 0 Å². The normalized spacial score (nSPS) is 21.1. The number of aliphatic hydroxyl groups excluding tert-OH is 2. The average Bonchev–Trinajstić information content (AvgIpc) is 3.05. The molecule has 0 saturated heterocycles. The highest BCUT2D eigenvalue weighted by atomic mass is 16.3. The van der Waals surface area contributed by atoms with Crippen LogP contribution in [-0.4, -0.2) is 10.2 Å². The van der Waals surface area contributed by atoms with Crippen LogP contribution in [0.25, 0.3) is 12.2 Å². The number of hydrogen-bond acceptors (Lipinski definition) is 2. The largest absolute Gasteiger partial charge is 0.384 e. The van der Waals surface area contributed by atoms with Gasteiger partial charge in [-0.2, -0.15) is 0 Å². The zero-order chi connectivity index (χ0) is 13.9. The second-order valence-electron chi connectivity index (χ2n) is 4.87. The van der Waals surface area contributed by atoms with Crippen LogP contribution in [0.5, 0.6) is 0 Å². The number of aliphatic hydroxyl groups is 2. The lowest BCUT2D eigenvalue weighted by atomic mass is 10.1. The van der Waals surface area contributed by atoms with Gasteiger partial charge in [-0.05, 0) is 22.3 Å². The molecular formula is C18H16O2. The lowest BCUT2D eigenvalue weighted by Crippen LogP contribution is -1.88. The van der Waals surface area contributed by atoms with Crippen LogP contribution in [-0.2, 0) is 0 Å². The van der Waals surface area contributed by atoms with Crippen molar-refractivity contribution in [2.75, 3.05) is 0 Å². The topological polar surface area (TPSA) is 40.5 Å². The minimum Gasteiger partial charge on any atom is -0.384 e. The Balaban J connectivity index is 0.000000121. The van der Waals surface area contributed by atoms with Crippen molar-refractivity contribution in [3.63, 3.8) is 0 Å². The molecule has 0 bridgehead atoms. The Morgan fingerprint density at radius 3 is 1.40 bits per heavy atom. The first kappa shape index (κ1) is 12.9. The summed E-state index contributed by atoms with van der Waals surface area (Å²) < 4.78 is 0. The molecule has 2 nitrogen and oxygen atoms in total. The average molecular weight is 264 g/mol. The maximum Gasteiger partial charge on any atom is 0.0980 e. The van der Waals surface area contributed by atoms with Crippen molar-refractivity contribution in [1.29, 1.82) is 0 Å². The summed E-state index contributed by atoms with van der Waals surface area (Å²) in [7, 11) is 0. The SMILES string of the molecule is OC1C=Cc2ccccc21.OC1C=Cc2ccccc21. The zero-order valence-electron chi connectivity index (χ0n) is 11.0. The van der Waals surface area contributed by atoms with E-state index in [-0.39, 0.29) is 12.2 Å². The standard InChI is InChI=1S/2C9H8O/c2*10-9-6-5-7-3-1-2-4-8(7)9/h2*1-6,9-10H. The Kier molecular flexibility index (Phi) is 3.50. The molecule has 20 heavy (non-hydrogen) atoms. The van der Waals surface area contributed by atoms with E-state index in [0.717, 1.165) is 22.3 Å². The minimum absolute atomic E-state index is 0.379. The molecule has 2 heteroatoms. The van der Waals surface area contributed by atoms with Crippen LogP contribution in [0.2, 0.25) is 0 Å². The van der Waals surface area contributed by atoms with Crippen LogP contribution >= 0.6 is 0 Å². The summed E-state index contributed by atoms with van der Waals surface area (Å²) in [4.78, 5) is 0. The van der Waals surface area contributed by atoms with E-state index in [2.05, 4.69) is 0 Å². The highest BCUT2D eigenvalue weighted by Gasteiger charge is 2.12. The fourth-order valence-electron chi connectivity index (χ4n) is 2.46. The van der Waals surface area contributed by atoms with Gasteiger partial charge in [0.2, 0.25) is 0 Å². The summed E-state index contributed by atoms with van der Waals surface area (Å²) in [5.74, 6) is 0. The number of rotatable bonds is 0. The summed E-state index contributed by atoms with van der Waals surface area (Å²) in [5.41, 5.74) is 4.30. The molecule has 0 radical (unpaired) electrons. The van der Waals surface area contributed by atoms with Crippen molar-refractivity contribution in [1.82, 2.24) is 0 Å². The van der Waals surface area contributed by atoms with E-state index in [9.17, 15) is 10.2 Å². The Labute approximate surface area is 118 Å². The molecular weight excluding hydrogens is 248 g/mol. The van der Waals surface area contributed by atoms with Gasteiger partial charge in [0.1, 0.15) is 0 Å². The van der Waals surface area contributed by atoms with Crippen molar-refractivity contribution >= 4 is 12.2 Å². The monoisotopic (exact) mass is 264 g/mol. The second kappa shape index (κ2) is 5.45. The van der Waals surface area contributed by atoms with Crippen molar-refractivity contribution in [3.8, 4) is 0 Å². The van der Waals surface area contributed by atoms with Crippen LogP contribution < -0.4 is 0 Å². The molecule has 2 aliphatic rings. The van der Waals surface area contributed by atoms with Gasteiger partial charge < -0.3 is 10.2 Å². The predicted octanol–water partition coefficient (Wildman–Crippen LogP) is 3.49. The lowest BCUT2D eigenvalue weighted by molar-refractivity contribution is 0.232. The van der Waals surface area contributed by atoms with Gasteiger partial charge in [0.05, 0.1) is 12.2 Å². The summed E-state index contributed by atoms with van der Waals surface area (Å²) in [5, 5.41) is 18.6. The van der Waals surface area contributed by atoms with Gasteiger partial charge in [-0.3, -0.25) is 0 Å². The minimum atomic E-state index is -0.379. The second-order valence-corrected chi connectivity index (χ2v) is 4.87. The van der Waals surface area contributed by atoms with E-state index in [1.54, 1.807) is 12.2 Å². The molecule has 4 rings (SSSR count). The summed E-state index contributed by atoms with van der Waals surface area (Å²) in [6.45, 7) is 0. The van der Waals surface area contributed by atoms with Crippen LogP contribution in [0.3, 0.4) is 0 Å². The molecule has 2 unspecified atom stereocenters. The third-order valence-corrected chi connectivity index (χ3v) is 3.55.